The van der Waals surface area contributed by atoms with Crippen LogP contribution in [0.3, 0.4) is 0 Å². The minimum atomic E-state index is -4.04. The minimum Gasteiger partial charge on any atom is -0.480 e. The summed E-state index contributed by atoms with van der Waals surface area (Å²) in [6.45, 7) is 5.64. The summed E-state index contributed by atoms with van der Waals surface area (Å²) in [5.41, 5.74) is 6.33. The van der Waals surface area contributed by atoms with E-state index in [4.69, 9.17) is 11.1 Å². The average Bonchev–Trinajstić information content (AvgIpc) is 3.16. The molecule has 0 spiro atoms. The number of hydrogen-bond donors (Lipinski definition) is 6. The van der Waals surface area contributed by atoms with Crippen molar-refractivity contribution in [1.29, 1.82) is 5.41 Å². The number of nitrogens with two attached hydrogens (primary N) is 1. The molecule has 3 rings (SSSR count). The van der Waals surface area contributed by atoms with Crippen LogP contribution in [0.4, 0.5) is 5.69 Å². The maximum absolute atomic E-state index is 13.6. The first kappa shape index (κ1) is 31.9. The highest BCUT2D eigenvalue weighted by molar-refractivity contribution is 8.02. The van der Waals surface area contributed by atoms with Crippen LogP contribution >= 0.6 is 11.8 Å². The molecule has 0 bridgehead atoms. The van der Waals surface area contributed by atoms with Gasteiger partial charge in [0.05, 0.1) is 10.3 Å². The molecule has 0 saturated carbocycles. The molecule has 2 aromatic carbocycles. The van der Waals surface area contributed by atoms with Crippen LogP contribution in [0.2, 0.25) is 0 Å². The van der Waals surface area contributed by atoms with Gasteiger partial charge in [-0.1, -0.05) is 30.3 Å². The fraction of sp³-hybridized carbons (Fsp3) is 0.407. The molecular weight excluding hydrogens is 568 g/mol. The van der Waals surface area contributed by atoms with Gasteiger partial charge in [-0.15, -0.1) is 11.8 Å². The van der Waals surface area contributed by atoms with Gasteiger partial charge in [0.2, 0.25) is 21.8 Å². The Morgan fingerprint density at radius 1 is 1.12 bits per heavy atom. The molecule has 0 aliphatic carbocycles. The predicted molar refractivity (Wildman–Crippen MR) is 158 cm³/mol. The lowest BCUT2D eigenvalue weighted by Crippen LogP contribution is -2.57. The number of rotatable bonds is 12. The molecule has 1 aliphatic heterocycles. The van der Waals surface area contributed by atoms with Gasteiger partial charge in [-0.3, -0.25) is 15.0 Å². The second-order valence-corrected chi connectivity index (χ2v) is 14.0. The number of nitrogens with one attached hydrogen (secondary N) is 4. The fourth-order valence-corrected chi connectivity index (χ4v) is 8.42. The Labute approximate surface area is 244 Å². The van der Waals surface area contributed by atoms with Crippen molar-refractivity contribution < 1.29 is 27.9 Å². The third-order valence-electron chi connectivity index (χ3n) is 6.50. The summed E-state index contributed by atoms with van der Waals surface area (Å²) in [7, 11) is -4.04. The van der Waals surface area contributed by atoms with Gasteiger partial charge in [0, 0.05) is 29.8 Å². The first-order valence-electron chi connectivity index (χ1n) is 13.0. The van der Waals surface area contributed by atoms with Gasteiger partial charge < -0.3 is 26.8 Å². The van der Waals surface area contributed by atoms with Crippen LogP contribution in [0.5, 0.6) is 0 Å². The topological polar surface area (TPSA) is 195 Å². The second kappa shape index (κ2) is 13.4. The number of sulfonamides is 1. The van der Waals surface area contributed by atoms with Gasteiger partial charge in [0.1, 0.15) is 12.1 Å². The highest BCUT2D eigenvalue weighted by Crippen LogP contribution is 2.46. The quantitative estimate of drug-likeness (QED) is 0.119. The Hall–Kier alpha value is -3.62. The molecule has 2 amide bonds. The van der Waals surface area contributed by atoms with E-state index in [9.17, 15) is 27.9 Å². The van der Waals surface area contributed by atoms with Crippen LogP contribution in [0, 0.1) is 5.41 Å². The van der Waals surface area contributed by atoms with Crippen molar-refractivity contribution in [2.75, 3.05) is 11.9 Å². The van der Waals surface area contributed by atoms with Gasteiger partial charge >= 0.3 is 5.97 Å². The largest absolute Gasteiger partial charge is 0.480 e. The molecule has 3 atom stereocenters. The van der Waals surface area contributed by atoms with E-state index < -0.39 is 44.1 Å². The number of guanidine groups is 1. The lowest BCUT2D eigenvalue weighted by Gasteiger charge is -2.31. The number of anilines is 1. The summed E-state index contributed by atoms with van der Waals surface area (Å²) in [6.07, 6.45) is 0.663. The Kier molecular flexibility index (Phi) is 10.4. The third-order valence-corrected chi connectivity index (χ3v) is 9.98. The number of carboxylic acids is 1. The van der Waals surface area contributed by atoms with Gasteiger partial charge in [-0.2, -0.15) is 4.31 Å². The molecule has 41 heavy (non-hydrogen) atoms. The number of carbonyl (C=O) groups is 3. The van der Waals surface area contributed by atoms with Crippen molar-refractivity contribution in [3.8, 4) is 0 Å². The number of thioether (sulfide) groups is 1. The standard InChI is InChI=1S/C27H36N6O6S2/c1-17-33(41(38,39)20-8-5-4-6-9-20)23(27(2,3)40-17)24(35)32-21(25(36)37)16-18-11-13-19(14-12-18)31-22(34)10-7-15-30-26(28)29/h4-6,8-9,11-14,17,21,23H,7,10,15-16H2,1-3H3,(H,31,34)(H,32,35)(H,36,37)(H4,28,29,30)/t17?,21-,23+/m0/s1. The Morgan fingerprint density at radius 2 is 1.76 bits per heavy atom. The molecule has 0 aromatic heterocycles. The zero-order chi connectivity index (χ0) is 30.4. The molecule has 222 valence electrons. The van der Waals surface area contributed by atoms with Crippen LogP contribution in [-0.4, -0.2) is 70.3 Å². The molecule has 1 heterocycles. The molecule has 1 unspecified atom stereocenters. The first-order chi connectivity index (χ1) is 19.2. The van der Waals surface area contributed by atoms with Crippen LogP contribution in [-0.2, 0) is 30.8 Å². The number of aliphatic carboxylic acids is 1. The summed E-state index contributed by atoms with van der Waals surface area (Å²) in [5.74, 6) is -2.34. The van der Waals surface area contributed by atoms with Crippen molar-refractivity contribution in [3.63, 3.8) is 0 Å². The Bertz CT molecular complexity index is 1370. The van der Waals surface area contributed by atoms with E-state index in [0.717, 1.165) is 4.31 Å². The van der Waals surface area contributed by atoms with Crippen molar-refractivity contribution in [2.24, 2.45) is 5.73 Å². The Balaban J connectivity index is 1.69. The maximum atomic E-state index is 13.6. The molecule has 7 N–H and O–H groups in total. The van der Waals surface area contributed by atoms with E-state index in [1.807, 2.05) is 0 Å². The average molecular weight is 605 g/mol. The number of carboxylic acid groups (broad SMARTS) is 1. The number of nitrogens with zero attached hydrogens (tertiary/aromatic N) is 1. The van der Waals surface area contributed by atoms with Crippen molar-refractivity contribution in [3.05, 3.63) is 60.2 Å². The highest BCUT2D eigenvalue weighted by Gasteiger charge is 2.55. The Morgan fingerprint density at radius 3 is 2.34 bits per heavy atom. The van der Waals surface area contributed by atoms with Gasteiger partial charge in [0.25, 0.3) is 0 Å². The van der Waals surface area contributed by atoms with E-state index in [1.165, 1.54) is 23.9 Å². The van der Waals surface area contributed by atoms with E-state index in [0.29, 0.717) is 24.2 Å². The van der Waals surface area contributed by atoms with E-state index in [2.05, 4.69) is 16.0 Å². The van der Waals surface area contributed by atoms with Crippen LogP contribution in [0.1, 0.15) is 39.2 Å². The number of hydrogen-bond acceptors (Lipinski definition) is 7. The summed E-state index contributed by atoms with van der Waals surface area (Å²) < 4.78 is 27.4. The second-order valence-electron chi connectivity index (χ2n) is 10.2. The van der Waals surface area contributed by atoms with Gasteiger partial charge in [-0.25, -0.2) is 13.2 Å². The summed E-state index contributed by atoms with van der Waals surface area (Å²) in [4.78, 5) is 37.9. The molecular formula is C27H36N6O6S2. The summed E-state index contributed by atoms with van der Waals surface area (Å²) in [6, 6.07) is 11.9. The predicted octanol–water partition coefficient (Wildman–Crippen LogP) is 1.93. The summed E-state index contributed by atoms with van der Waals surface area (Å²) >= 11 is 1.33. The number of benzene rings is 2. The molecule has 1 aliphatic rings. The van der Waals surface area contributed by atoms with Crippen LogP contribution < -0.4 is 21.7 Å². The van der Waals surface area contributed by atoms with Crippen LogP contribution in [0.15, 0.2) is 59.5 Å². The van der Waals surface area contributed by atoms with Crippen molar-refractivity contribution in [1.82, 2.24) is 14.9 Å². The smallest absolute Gasteiger partial charge is 0.326 e. The molecule has 0 radical (unpaired) electrons. The number of amides is 2. The first-order valence-corrected chi connectivity index (χ1v) is 15.3. The van der Waals surface area contributed by atoms with E-state index in [1.54, 1.807) is 63.2 Å². The molecule has 1 fully saturated rings. The molecule has 2 aromatic rings. The lowest BCUT2D eigenvalue weighted by molar-refractivity contribution is -0.142. The summed E-state index contributed by atoms with van der Waals surface area (Å²) in [5, 5.41) is 24.4. The van der Waals surface area contributed by atoms with Crippen LogP contribution in [0.25, 0.3) is 0 Å². The van der Waals surface area contributed by atoms with E-state index in [-0.39, 0.29) is 29.6 Å². The molecule has 12 nitrogen and oxygen atoms in total. The normalized spacial score (nSPS) is 19.2. The van der Waals surface area contributed by atoms with Gasteiger partial charge in [0.15, 0.2) is 5.96 Å². The zero-order valence-electron chi connectivity index (χ0n) is 23.1. The van der Waals surface area contributed by atoms with Gasteiger partial charge in [-0.05, 0) is 57.0 Å². The van der Waals surface area contributed by atoms with E-state index >= 15 is 0 Å². The number of carbonyl (C=O) groups excluding carboxylic acids is 2. The van der Waals surface area contributed by atoms with Crippen molar-refractivity contribution >= 4 is 51.2 Å². The van der Waals surface area contributed by atoms with Crippen molar-refractivity contribution in [2.45, 2.75) is 67.1 Å². The zero-order valence-corrected chi connectivity index (χ0v) is 24.7. The molecule has 14 heteroatoms. The third kappa shape index (κ3) is 8.21. The SMILES string of the molecule is CC1SC(C)(C)[C@@H](C(=O)N[C@@H](Cc2ccc(NC(=O)CCCNC(=N)N)cc2)C(=O)O)N1S(=O)(=O)c1ccccc1. The maximum Gasteiger partial charge on any atom is 0.326 e. The highest BCUT2D eigenvalue weighted by atomic mass is 32.2. The monoisotopic (exact) mass is 604 g/mol. The lowest BCUT2D eigenvalue weighted by atomic mass is 10.0. The fourth-order valence-electron chi connectivity index (χ4n) is 4.66. The minimum absolute atomic E-state index is 0.0483. The molecule has 1 saturated heterocycles.